The second-order valence-electron chi connectivity index (χ2n) is 4.20. The molecule has 3 rings (SSSR count). The fourth-order valence-corrected chi connectivity index (χ4v) is 2.04. The maximum atomic E-state index is 12.1. The van der Waals surface area contributed by atoms with Gasteiger partial charge < -0.3 is 14.7 Å². The van der Waals surface area contributed by atoms with Gasteiger partial charge in [-0.15, -0.1) is 0 Å². The Balaban J connectivity index is 1.86. The normalized spacial score (nSPS) is 16.6. The minimum atomic E-state index is -0.0250. The van der Waals surface area contributed by atoms with Gasteiger partial charge in [-0.2, -0.15) is 4.57 Å². The third-order valence-electron chi connectivity index (χ3n) is 2.90. The third kappa shape index (κ3) is 1.80. The van der Waals surface area contributed by atoms with Gasteiger partial charge in [0.15, 0.2) is 11.3 Å². The highest BCUT2D eigenvalue weighted by Gasteiger charge is 2.21. The molecule has 6 nitrogen and oxygen atoms in total. The number of hydrogen-bond donors (Lipinski definition) is 1. The highest BCUT2D eigenvalue weighted by Crippen LogP contribution is 2.11. The standard InChI is InChI=1S/C11H14N4O2/c1-8-6-10-13-9(7-15(10)17-8)11(16)14-4-2-12-3-5-14/h6-7,12H,2-5H2,1H3. The first-order valence-corrected chi connectivity index (χ1v) is 5.70. The Morgan fingerprint density at radius 1 is 1.47 bits per heavy atom. The number of imidazole rings is 1. The molecule has 1 fully saturated rings. The molecule has 2 aromatic heterocycles. The summed E-state index contributed by atoms with van der Waals surface area (Å²) < 4.78 is 6.89. The first-order chi connectivity index (χ1) is 8.24. The van der Waals surface area contributed by atoms with Gasteiger partial charge in [0.05, 0.1) is 6.20 Å². The quantitative estimate of drug-likeness (QED) is 0.770. The van der Waals surface area contributed by atoms with E-state index in [0.29, 0.717) is 11.3 Å². The monoisotopic (exact) mass is 234 g/mol. The summed E-state index contributed by atoms with van der Waals surface area (Å²) in [6, 6.07) is 1.81. The van der Waals surface area contributed by atoms with Crippen LogP contribution in [0.2, 0.25) is 0 Å². The SMILES string of the molecule is Cc1cc2nc(C(=O)N3CCNCC3)cn2o1. The lowest BCUT2D eigenvalue weighted by Crippen LogP contribution is -2.46. The van der Waals surface area contributed by atoms with Gasteiger partial charge in [0.2, 0.25) is 0 Å². The summed E-state index contributed by atoms with van der Waals surface area (Å²) >= 11 is 0. The van der Waals surface area contributed by atoms with Crippen molar-refractivity contribution in [1.82, 2.24) is 19.8 Å². The Bertz CT molecular complexity index is 519. The molecule has 0 aromatic carbocycles. The van der Waals surface area contributed by atoms with Gasteiger partial charge in [0.25, 0.3) is 5.91 Å². The molecular formula is C11H14N4O2. The molecular weight excluding hydrogens is 220 g/mol. The summed E-state index contributed by atoms with van der Waals surface area (Å²) in [6.45, 7) is 5.00. The van der Waals surface area contributed by atoms with E-state index < -0.39 is 0 Å². The van der Waals surface area contributed by atoms with E-state index in [2.05, 4.69) is 10.3 Å². The van der Waals surface area contributed by atoms with E-state index in [1.54, 1.807) is 6.20 Å². The number of hydrogen-bond acceptors (Lipinski definition) is 4. The number of nitrogens with zero attached hydrogens (tertiary/aromatic N) is 3. The van der Waals surface area contributed by atoms with Crippen LogP contribution in [-0.2, 0) is 0 Å². The van der Waals surface area contributed by atoms with Gasteiger partial charge in [0.1, 0.15) is 5.76 Å². The number of nitrogens with one attached hydrogen (secondary N) is 1. The van der Waals surface area contributed by atoms with Gasteiger partial charge in [-0.1, -0.05) is 0 Å². The predicted molar refractivity (Wildman–Crippen MR) is 61.0 cm³/mol. The summed E-state index contributed by atoms with van der Waals surface area (Å²) in [7, 11) is 0. The molecule has 1 saturated heterocycles. The summed E-state index contributed by atoms with van der Waals surface area (Å²) in [5.41, 5.74) is 1.13. The third-order valence-corrected chi connectivity index (χ3v) is 2.90. The topological polar surface area (TPSA) is 62.8 Å². The number of amides is 1. The van der Waals surface area contributed by atoms with E-state index in [4.69, 9.17) is 4.52 Å². The Kier molecular flexibility index (Phi) is 2.36. The van der Waals surface area contributed by atoms with Crippen LogP contribution in [0.4, 0.5) is 0 Å². The number of fused-ring (bicyclic) bond motifs is 1. The van der Waals surface area contributed by atoms with Crippen LogP contribution < -0.4 is 5.32 Å². The maximum absolute atomic E-state index is 12.1. The Morgan fingerprint density at radius 3 is 2.94 bits per heavy atom. The summed E-state index contributed by atoms with van der Waals surface area (Å²) in [5.74, 6) is 0.761. The second kappa shape index (κ2) is 3.89. The second-order valence-corrected chi connectivity index (χ2v) is 4.20. The molecule has 6 heteroatoms. The number of aryl methyl sites for hydroxylation is 1. The van der Waals surface area contributed by atoms with Crippen LogP contribution in [0.25, 0.3) is 5.65 Å². The first-order valence-electron chi connectivity index (χ1n) is 5.70. The molecule has 0 spiro atoms. The minimum absolute atomic E-state index is 0.0250. The van der Waals surface area contributed by atoms with Gasteiger partial charge in [-0.3, -0.25) is 4.79 Å². The lowest BCUT2D eigenvalue weighted by atomic mass is 10.3. The van der Waals surface area contributed by atoms with E-state index in [9.17, 15) is 4.79 Å². The van der Waals surface area contributed by atoms with Crippen LogP contribution in [0.3, 0.4) is 0 Å². The van der Waals surface area contributed by atoms with Crippen molar-refractivity contribution in [1.29, 1.82) is 0 Å². The van der Waals surface area contributed by atoms with Gasteiger partial charge in [-0.05, 0) is 6.92 Å². The Labute approximate surface area is 98.2 Å². The zero-order valence-corrected chi connectivity index (χ0v) is 9.64. The molecule has 90 valence electrons. The molecule has 0 atom stereocenters. The number of carbonyl (C=O) groups is 1. The van der Waals surface area contributed by atoms with Crippen LogP contribution in [0.15, 0.2) is 16.8 Å². The van der Waals surface area contributed by atoms with Gasteiger partial charge >= 0.3 is 0 Å². The number of rotatable bonds is 1. The van der Waals surface area contributed by atoms with Crippen LogP contribution in [-0.4, -0.2) is 46.5 Å². The predicted octanol–water partition coefficient (Wildman–Crippen LogP) is 0.281. The van der Waals surface area contributed by atoms with Crippen molar-refractivity contribution in [3.63, 3.8) is 0 Å². The summed E-state index contributed by atoms with van der Waals surface area (Å²) in [4.78, 5) is 18.2. The molecule has 3 heterocycles. The average molecular weight is 234 g/mol. The van der Waals surface area contributed by atoms with Crippen molar-refractivity contribution in [2.24, 2.45) is 0 Å². The summed E-state index contributed by atoms with van der Waals surface area (Å²) in [6.07, 6.45) is 1.65. The Morgan fingerprint density at radius 2 is 2.24 bits per heavy atom. The zero-order chi connectivity index (χ0) is 11.8. The van der Waals surface area contributed by atoms with Crippen LogP contribution in [0, 0.1) is 6.92 Å². The van der Waals surface area contributed by atoms with Crippen molar-refractivity contribution in [2.45, 2.75) is 6.92 Å². The molecule has 1 amide bonds. The van der Waals surface area contributed by atoms with Crippen molar-refractivity contribution in [2.75, 3.05) is 26.2 Å². The number of aromatic nitrogens is 2. The summed E-state index contributed by atoms with van der Waals surface area (Å²) in [5, 5.41) is 3.21. The largest absolute Gasteiger partial charge is 0.378 e. The maximum Gasteiger partial charge on any atom is 0.274 e. The van der Waals surface area contributed by atoms with Crippen molar-refractivity contribution in [3.05, 3.63) is 23.7 Å². The van der Waals surface area contributed by atoms with Crippen molar-refractivity contribution < 1.29 is 9.32 Å². The van der Waals surface area contributed by atoms with Crippen LogP contribution >= 0.6 is 0 Å². The molecule has 1 N–H and O–H groups in total. The lowest BCUT2D eigenvalue weighted by molar-refractivity contribution is 0.0730. The molecule has 0 aliphatic carbocycles. The molecule has 17 heavy (non-hydrogen) atoms. The molecule has 0 radical (unpaired) electrons. The fraction of sp³-hybridized carbons (Fsp3) is 0.455. The molecule has 1 aliphatic rings. The number of carbonyl (C=O) groups excluding carboxylic acids is 1. The lowest BCUT2D eigenvalue weighted by Gasteiger charge is -2.26. The minimum Gasteiger partial charge on any atom is -0.378 e. The number of piperazine rings is 1. The average Bonchev–Trinajstić information content (AvgIpc) is 2.86. The zero-order valence-electron chi connectivity index (χ0n) is 9.64. The van der Waals surface area contributed by atoms with E-state index in [1.165, 1.54) is 4.57 Å². The van der Waals surface area contributed by atoms with Crippen molar-refractivity contribution in [3.8, 4) is 0 Å². The van der Waals surface area contributed by atoms with Crippen molar-refractivity contribution >= 4 is 11.6 Å². The van der Waals surface area contributed by atoms with E-state index in [-0.39, 0.29) is 5.91 Å². The molecule has 0 unspecified atom stereocenters. The molecule has 0 bridgehead atoms. The Hall–Kier alpha value is -1.82. The van der Waals surface area contributed by atoms with Gasteiger partial charge in [-0.25, -0.2) is 4.98 Å². The smallest absolute Gasteiger partial charge is 0.274 e. The van der Waals surface area contributed by atoms with E-state index in [1.807, 2.05) is 17.9 Å². The van der Waals surface area contributed by atoms with E-state index >= 15 is 0 Å². The van der Waals surface area contributed by atoms with E-state index in [0.717, 1.165) is 31.9 Å². The fourth-order valence-electron chi connectivity index (χ4n) is 2.04. The molecule has 0 saturated carbocycles. The van der Waals surface area contributed by atoms with Crippen LogP contribution in [0.5, 0.6) is 0 Å². The van der Waals surface area contributed by atoms with Crippen LogP contribution in [0.1, 0.15) is 16.2 Å². The molecule has 2 aromatic rings. The first kappa shape index (κ1) is 10.3. The van der Waals surface area contributed by atoms with Gasteiger partial charge in [0, 0.05) is 32.2 Å². The highest BCUT2D eigenvalue weighted by molar-refractivity contribution is 5.92. The highest BCUT2D eigenvalue weighted by atomic mass is 16.5. The molecule has 1 aliphatic heterocycles.